The van der Waals surface area contributed by atoms with Gasteiger partial charge in [0.2, 0.25) is 5.91 Å². The molecule has 0 aliphatic carbocycles. The number of hydrogen-bond acceptors (Lipinski definition) is 4. The normalized spacial score (nSPS) is 11.8. The molecule has 5 nitrogen and oxygen atoms in total. The molecule has 0 radical (unpaired) electrons. The number of nitrogens with zero attached hydrogens (tertiary/aromatic N) is 3. The highest BCUT2D eigenvalue weighted by atomic mass is 32.2. The molecule has 1 amide bonds. The van der Waals surface area contributed by atoms with Crippen LogP contribution in [0, 0.1) is 11.6 Å². The SMILES string of the molecule is C=CCn1c(S[C@H](C)C(=O)Nc2ccccc2F)nnc1-c1ccc(F)cc1. The van der Waals surface area contributed by atoms with Gasteiger partial charge in [-0.15, -0.1) is 16.8 Å². The maximum absolute atomic E-state index is 13.7. The third-order valence-electron chi connectivity index (χ3n) is 3.91. The minimum Gasteiger partial charge on any atom is -0.323 e. The maximum Gasteiger partial charge on any atom is 0.237 e. The number of thioether (sulfide) groups is 1. The predicted octanol–water partition coefficient (Wildman–Crippen LogP) is 4.53. The number of aromatic nitrogens is 3. The van der Waals surface area contributed by atoms with Crippen molar-refractivity contribution in [3.8, 4) is 11.4 Å². The molecule has 8 heteroatoms. The van der Waals surface area contributed by atoms with E-state index in [9.17, 15) is 13.6 Å². The lowest BCUT2D eigenvalue weighted by molar-refractivity contribution is -0.115. The van der Waals surface area contributed by atoms with Gasteiger partial charge in [0.05, 0.1) is 10.9 Å². The molecule has 0 saturated heterocycles. The van der Waals surface area contributed by atoms with E-state index in [1.165, 1.54) is 36.0 Å². The monoisotopic (exact) mass is 400 g/mol. The minimum absolute atomic E-state index is 0.125. The Morgan fingerprint density at radius 1 is 1.21 bits per heavy atom. The summed E-state index contributed by atoms with van der Waals surface area (Å²) in [6, 6.07) is 11.9. The summed E-state index contributed by atoms with van der Waals surface area (Å²) < 4.78 is 28.7. The number of rotatable bonds is 7. The van der Waals surface area contributed by atoms with Gasteiger partial charge >= 0.3 is 0 Å². The van der Waals surface area contributed by atoms with E-state index in [-0.39, 0.29) is 17.4 Å². The van der Waals surface area contributed by atoms with Gasteiger partial charge in [-0.05, 0) is 43.3 Å². The van der Waals surface area contributed by atoms with Crippen molar-refractivity contribution in [3.05, 3.63) is 72.8 Å². The average Bonchev–Trinajstić information content (AvgIpc) is 3.07. The maximum atomic E-state index is 13.7. The van der Waals surface area contributed by atoms with Crippen LogP contribution in [0.5, 0.6) is 0 Å². The predicted molar refractivity (Wildman–Crippen MR) is 106 cm³/mol. The fourth-order valence-corrected chi connectivity index (χ4v) is 3.35. The number of carbonyl (C=O) groups excluding carboxylic acids is 1. The number of allylic oxidation sites excluding steroid dienone is 1. The van der Waals surface area contributed by atoms with E-state index in [4.69, 9.17) is 0 Å². The first-order valence-electron chi connectivity index (χ1n) is 8.51. The number of nitrogens with one attached hydrogen (secondary N) is 1. The Labute approximate surface area is 165 Å². The van der Waals surface area contributed by atoms with Crippen LogP contribution in [-0.4, -0.2) is 25.9 Å². The number of benzene rings is 2. The highest BCUT2D eigenvalue weighted by molar-refractivity contribution is 8.00. The van der Waals surface area contributed by atoms with Gasteiger partial charge in [-0.2, -0.15) is 0 Å². The lowest BCUT2D eigenvalue weighted by Crippen LogP contribution is -2.23. The molecule has 3 aromatic rings. The van der Waals surface area contributed by atoms with Crippen molar-refractivity contribution in [2.75, 3.05) is 5.32 Å². The first-order chi connectivity index (χ1) is 13.5. The van der Waals surface area contributed by atoms with Crippen LogP contribution in [0.1, 0.15) is 6.92 Å². The van der Waals surface area contributed by atoms with E-state index in [0.717, 1.165) is 0 Å². The molecule has 1 N–H and O–H groups in total. The quantitative estimate of drug-likeness (QED) is 0.468. The summed E-state index contributed by atoms with van der Waals surface area (Å²) in [5.41, 5.74) is 0.825. The Balaban J connectivity index is 1.79. The molecule has 0 bridgehead atoms. The second-order valence-corrected chi connectivity index (χ2v) is 7.25. The molecule has 0 saturated carbocycles. The van der Waals surface area contributed by atoms with Gasteiger partial charge in [0.25, 0.3) is 0 Å². The lowest BCUT2D eigenvalue weighted by atomic mass is 10.2. The summed E-state index contributed by atoms with van der Waals surface area (Å²) in [5.74, 6) is -0.649. The number of para-hydroxylation sites is 1. The number of anilines is 1. The van der Waals surface area contributed by atoms with Gasteiger partial charge in [0, 0.05) is 12.1 Å². The van der Waals surface area contributed by atoms with Crippen molar-refractivity contribution in [3.63, 3.8) is 0 Å². The second-order valence-electron chi connectivity index (χ2n) is 5.94. The lowest BCUT2D eigenvalue weighted by Gasteiger charge is -2.13. The summed E-state index contributed by atoms with van der Waals surface area (Å²) in [6.07, 6.45) is 1.69. The second kappa shape index (κ2) is 8.79. The molecule has 0 fully saturated rings. The Morgan fingerprint density at radius 2 is 1.93 bits per heavy atom. The van der Waals surface area contributed by atoms with Crippen LogP contribution in [0.3, 0.4) is 0 Å². The zero-order valence-corrected chi connectivity index (χ0v) is 15.9. The van der Waals surface area contributed by atoms with E-state index >= 15 is 0 Å². The van der Waals surface area contributed by atoms with E-state index in [1.54, 1.807) is 41.8 Å². The number of hydrogen-bond donors (Lipinski definition) is 1. The smallest absolute Gasteiger partial charge is 0.237 e. The summed E-state index contributed by atoms with van der Waals surface area (Å²) in [4.78, 5) is 12.4. The molecule has 0 aliphatic rings. The van der Waals surface area contributed by atoms with Crippen LogP contribution in [-0.2, 0) is 11.3 Å². The van der Waals surface area contributed by atoms with Crippen LogP contribution >= 0.6 is 11.8 Å². The molecular formula is C20H18F2N4OS. The van der Waals surface area contributed by atoms with Gasteiger partial charge in [-0.1, -0.05) is 30.0 Å². The molecular weight excluding hydrogens is 382 g/mol. The van der Waals surface area contributed by atoms with E-state index in [2.05, 4.69) is 22.1 Å². The molecule has 2 aromatic carbocycles. The van der Waals surface area contributed by atoms with Crippen LogP contribution < -0.4 is 5.32 Å². The Kier molecular flexibility index (Phi) is 6.20. The van der Waals surface area contributed by atoms with E-state index in [1.807, 2.05) is 0 Å². The van der Waals surface area contributed by atoms with Gasteiger partial charge < -0.3 is 5.32 Å². The van der Waals surface area contributed by atoms with Gasteiger partial charge in [0.15, 0.2) is 11.0 Å². The molecule has 144 valence electrons. The molecule has 1 atom stereocenters. The minimum atomic E-state index is -0.548. The number of carbonyl (C=O) groups is 1. The topological polar surface area (TPSA) is 59.8 Å². The van der Waals surface area contributed by atoms with Gasteiger partial charge in [-0.25, -0.2) is 8.78 Å². The number of amides is 1. The number of halogens is 2. The Morgan fingerprint density at radius 3 is 2.61 bits per heavy atom. The summed E-state index contributed by atoms with van der Waals surface area (Å²) in [7, 11) is 0. The van der Waals surface area contributed by atoms with Crippen LogP contribution in [0.4, 0.5) is 14.5 Å². The summed E-state index contributed by atoms with van der Waals surface area (Å²) >= 11 is 1.20. The van der Waals surface area contributed by atoms with Crippen molar-refractivity contribution < 1.29 is 13.6 Å². The zero-order valence-electron chi connectivity index (χ0n) is 15.1. The van der Waals surface area contributed by atoms with Gasteiger partial charge in [0.1, 0.15) is 11.6 Å². The largest absolute Gasteiger partial charge is 0.323 e. The highest BCUT2D eigenvalue weighted by Gasteiger charge is 2.21. The van der Waals surface area contributed by atoms with Crippen molar-refractivity contribution in [2.45, 2.75) is 23.9 Å². The van der Waals surface area contributed by atoms with Gasteiger partial charge in [-0.3, -0.25) is 9.36 Å². The van der Waals surface area contributed by atoms with E-state index < -0.39 is 11.1 Å². The fraction of sp³-hybridized carbons (Fsp3) is 0.150. The molecule has 0 aliphatic heterocycles. The van der Waals surface area contributed by atoms with Crippen molar-refractivity contribution in [1.82, 2.24) is 14.8 Å². The third-order valence-corrected chi connectivity index (χ3v) is 4.99. The van der Waals surface area contributed by atoms with Crippen LogP contribution in [0.2, 0.25) is 0 Å². The highest BCUT2D eigenvalue weighted by Crippen LogP contribution is 2.28. The third kappa shape index (κ3) is 4.45. The Bertz CT molecular complexity index is 988. The fourth-order valence-electron chi connectivity index (χ4n) is 2.49. The molecule has 1 aromatic heterocycles. The first-order valence-corrected chi connectivity index (χ1v) is 9.39. The molecule has 28 heavy (non-hydrogen) atoms. The van der Waals surface area contributed by atoms with Crippen LogP contribution in [0.15, 0.2) is 66.3 Å². The summed E-state index contributed by atoms with van der Waals surface area (Å²) in [6.45, 7) is 5.86. The standard InChI is InChI=1S/C20H18F2N4OS/c1-3-12-26-18(14-8-10-15(21)11-9-14)24-25-20(26)28-13(2)19(27)23-17-7-5-4-6-16(17)22/h3-11,13H,1,12H2,2H3,(H,23,27)/t13-/m1/s1. The van der Waals surface area contributed by atoms with Crippen LogP contribution in [0.25, 0.3) is 11.4 Å². The molecule has 3 rings (SSSR count). The molecule has 0 spiro atoms. The first kappa shape index (κ1) is 19.8. The summed E-state index contributed by atoms with van der Waals surface area (Å²) in [5, 5.41) is 10.9. The van der Waals surface area contributed by atoms with Crippen molar-refractivity contribution in [1.29, 1.82) is 0 Å². The Hall–Kier alpha value is -3.00. The van der Waals surface area contributed by atoms with E-state index in [0.29, 0.717) is 23.1 Å². The van der Waals surface area contributed by atoms with Crippen molar-refractivity contribution >= 4 is 23.4 Å². The van der Waals surface area contributed by atoms with Crippen molar-refractivity contribution in [2.24, 2.45) is 0 Å². The molecule has 0 unspecified atom stereocenters. The molecule has 1 heterocycles. The zero-order chi connectivity index (χ0) is 20.1. The average molecular weight is 400 g/mol.